The summed E-state index contributed by atoms with van der Waals surface area (Å²) in [4.78, 5) is 21.7. The number of esters is 2. The second-order valence-corrected chi connectivity index (χ2v) is 3.25. The Balaban J connectivity index is 3.30. The van der Waals surface area contributed by atoms with E-state index in [1.54, 1.807) is 20.8 Å². The predicted octanol–water partition coefficient (Wildman–Crippen LogP) is 1.53. The molecule has 0 radical (unpaired) electrons. The maximum Gasteiger partial charge on any atom is 0.308 e. The van der Waals surface area contributed by atoms with Crippen LogP contribution in [0.1, 0.15) is 33.6 Å². The molecule has 0 aromatic carbocycles. The third-order valence-corrected chi connectivity index (χ3v) is 1.56. The number of hydrogen-bond donors (Lipinski definition) is 0. The van der Waals surface area contributed by atoms with Crippen molar-refractivity contribution >= 4 is 11.9 Å². The number of ether oxygens (including phenoxy) is 2. The average Bonchev–Trinajstić information content (AvgIpc) is 2.16. The van der Waals surface area contributed by atoms with Gasteiger partial charge in [0, 0.05) is 12.8 Å². The lowest BCUT2D eigenvalue weighted by molar-refractivity contribution is -0.148. The molecule has 0 aliphatic heterocycles. The number of rotatable bonds is 6. The van der Waals surface area contributed by atoms with Crippen molar-refractivity contribution in [1.29, 1.82) is 0 Å². The van der Waals surface area contributed by atoms with E-state index in [-0.39, 0.29) is 17.9 Å². The van der Waals surface area contributed by atoms with Crippen LogP contribution >= 0.6 is 0 Å². The molecule has 0 aromatic heterocycles. The van der Waals surface area contributed by atoms with Crippen LogP contribution in [0.4, 0.5) is 0 Å². The van der Waals surface area contributed by atoms with E-state index in [0.717, 1.165) is 0 Å². The van der Waals surface area contributed by atoms with Crippen LogP contribution in [0.3, 0.4) is 0 Å². The Labute approximate surface area is 84.6 Å². The smallest absolute Gasteiger partial charge is 0.308 e. The summed E-state index contributed by atoms with van der Waals surface area (Å²) in [5, 5.41) is 0. The summed E-state index contributed by atoms with van der Waals surface area (Å²) in [7, 11) is 0. The van der Waals surface area contributed by atoms with Gasteiger partial charge in [-0.1, -0.05) is 20.8 Å². The number of carbonyl (C=O) groups is 2. The molecule has 0 saturated heterocycles. The van der Waals surface area contributed by atoms with E-state index in [2.05, 4.69) is 0 Å². The molecular formula is C10H18O4. The molecule has 0 heterocycles. The highest BCUT2D eigenvalue weighted by molar-refractivity contribution is 5.71. The van der Waals surface area contributed by atoms with Gasteiger partial charge in [-0.05, 0) is 0 Å². The molecule has 0 bridgehead atoms. The SMILES string of the molecule is CCC(=O)OCCCOC(=O)C(C)C. The highest BCUT2D eigenvalue weighted by Crippen LogP contribution is 1.97. The Morgan fingerprint density at radius 2 is 1.71 bits per heavy atom. The minimum absolute atomic E-state index is 0.104. The van der Waals surface area contributed by atoms with Gasteiger partial charge >= 0.3 is 11.9 Å². The summed E-state index contributed by atoms with van der Waals surface area (Å²) >= 11 is 0. The van der Waals surface area contributed by atoms with Gasteiger partial charge in [0.2, 0.25) is 0 Å². The van der Waals surface area contributed by atoms with Crippen molar-refractivity contribution in [2.45, 2.75) is 33.6 Å². The Morgan fingerprint density at radius 3 is 2.21 bits per heavy atom. The largest absolute Gasteiger partial charge is 0.466 e. The lowest BCUT2D eigenvalue weighted by Gasteiger charge is -2.06. The average molecular weight is 202 g/mol. The van der Waals surface area contributed by atoms with E-state index in [1.165, 1.54) is 0 Å². The van der Waals surface area contributed by atoms with Crippen LogP contribution < -0.4 is 0 Å². The first-order valence-electron chi connectivity index (χ1n) is 4.90. The summed E-state index contributed by atoms with van der Waals surface area (Å²) in [6.45, 7) is 5.92. The van der Waals surface area contributed by atoms with E-state index in [0.29, 0.717) is 26.1 Å². The second kappa shape index (κ2) is 7.35. The molecule has 0 aliphatic carbocycles. The van der Waals surface area contributed by atoms with Gasteiger partial charge in [-0.15, -0.1) is 0 Å². The molecular weight excluding hydrogens is 184 g/mol. The maximum absolute atomic E-state index is 11.0. The van der Waals surface area contributed by atoms with Crippen molar-refractivity contribution in [2.24, 2.45) is 5.92 Å². The van der Waals surface area contributed by atoms with Gasteiger partial charge in [0.05, 0.1) is 19.1 Å². The lowest BCUT2D eigenvalue weighted by Crippen LogP contribution is -2.14. The second-order valence-electron chi connectivity index (χ2n) is 3.25. The third-order valence-electron chi connectivity index (χ3n) is 1.56. The van der Waals surface area contributed by atoms with Gasteiger partial charge in [-0.2, -0.15) is 0 Å². The molecule has 0 saturated carbocycles. The summed E-state index contributed by atoms with van der Waals surface area (Å²) in [5.41, 5.74) is 0. The molecule has 0 atom stereocenters. The van der Waals surface area contributed by atoms with Crippen molar-refractivity contribution in [1.82, 2.24) is 0 Å². The third kappa shape index (κ3) is 6.46. The zero-order valence-electron chi connectivity index (χ0n) is 9.04. The predicted molar refractivity (Wildman–Crippen MR) is 51.7 cm³/mol. The van der Waals surface area contributed by atoms with Crippen molar-refractivity contribution < 1.29 is 19.1 Å². The van der Waals surface area contributed by atoms with Crippen LogP contribution in [0.5, 0.6) is 0 Å². The quantitative estimate of drug-likeness (QED) is 0.484. The molecule has 0 N–H and O–H groups in total. The van der Waals surface area contributed by atoms with Crippen LogP contribution in [0.15, 0.2) is 0 Å². The Morgan fingerprint density at radius 1 is 1.14 bits per heavy atom. The molecule has 14 heavy (non-hydrogen) atoms. The van der Waals surface area contributed by atoms with Crippen molar-refractivity contribution in [3.8, 4) is 0 Å². The molecule has 0 unspecified atom stereocenters. The van der Waals surface area contributed by atoms with Gasteiger partial charge in [0.1, 0.15) is 0 Å². The summed E-state index contributed by atoms with van der Waals surface area (Å²) in [5.74, 6) is -0.541. The normalized spacial score (nSPS) is 10.0. The van der Waals surface area contributed by atoms with Crippen molar-refractivity contribution in [3.05, 3.63) is 0 Å². The molecule has 0 aliphatic rings. The first-order chi connectivity index (χ1) is 6.57. The Hall–Kier alpha value is -1.06. The van der Waals surface area contributed by atoms with Crippen LogP contribution in [0.2, 0.25) is 0 Å². The Kier molecular flexibility index (Phi) is 6.80. The molecule has 82 valence electrons. The van der Waals surface area contributed by atoms with E-state index < -0.39 is 0 Å². The number of carbonyl (C=O) groups excluding carboxylic acids is 2. The fourth-order valence-electron chi connectivity index (χ4n) is 0.686. The van der Waals surface area contributed by atoms with Crippen LogP contribution in [-0.2, 0) is 19.1 Å². The van der Waals surface area contributed by atoms with Crippen molar-refractivity contribution in [2.75, 3.05) is 13.2 Å². The maximum atomic E-state index is 11.0. The first-order valence-corrected chi connectivity index (χ1v) is 4.90. The number of hydrogen-bond acceptors (Lipinski definition) is 4. The zero-order chi connectivity index (χ0) is 11.0. The lowest BCUT2D eigenvalue weighted by atomic mass is 10.2. The highest BCUT2D eigenvalue weighted by atomic mass is 16.5. The molecule has 4 heteroatoms. The molecule has 0 spiro atoms. The molecule has 0 rings (SSSR count). The monoisotopic (exact) mass is 202 g/mol. The van der Waals surface area contributed by atoms with Crippen molar-refractivity contribution in [3.63, 3.8) is 0 Å². The van der Waals surface area contributed by atoms with E-state index in [1.807, 2.05) is 0 Å². The highest BCUT2D eigenvalue weighted by Gasteiger charge is 2.07. The molecule has 0 amide bonds. The van der Waals surface area contributed by atoms with Gasteiger partial charge < -0.3 is 9.47 Å². The minimum atomic E-state index is -0.222. The van der Waals surface area contributed by atoms with E-state index >= 15 is 0 Å². The summed E-state index contributed by atoms with van der Waals surface area (Å²) in [6, 6.07) is 0. The van der Waals surface area contributed by atoms with Gasteiger partial charge in [-0.25, -0.2) is 0 Å². The van der Waals surface area contributed by atoms with Crippen LogP contribution in [0.25, 0.3) is 0 Å². The minimum Gasteiger partial charge on any atom is -0.466 e. The van der Waals surface area contributed by atoms with Gasteiger partial charge in [0.15, 0.2) is 0 Å². The van der Waals surface area contributed by atoms with Gasteiger partial charge in [0.25, 0.3) is 0 Å². The fourth-order valence-corrected chi connectivity index (χ4v) is 0.686. The Bertz CT molecular complexity index is 187. The summed E-state index contributed by atoms with van der Waals surface area (Å²) < 4.78 is 9.69. The standard InChI is InChI=1S/C10H18O4/c1-4-9(11)13-6-5-7-14-10(12)8(2)3/h8H,4-7H2,1-3H3. The molecule has 0 aromatic rings. The topological polar surface area (TPSA) is 52.6 Å². The fraction of sp³-hybridized carbons (Fsp3) is 0.800. The zero-order valence-corrected chi connectivity index (χ0v) is 9.04. The molecule has 0 fully saturated rings. The van der Waals surface area contributed by atoms with Gasteiger partial charge in [-0.3, -0.25) is 9.59 Å². The van der Waals surface area contributed by atoms with Crippen LogP contribution in [0, 0.1) is 5.92 Å². The van der Waals surface area contributed by atoms with E-state index in [9.17, 15) is 9.59 Å². The molecule has 4 nitrogen and oxygen atoms in total. The van der Waals surface area contributed by atoms with E-state index in [4.69, 9.17) is 9.47 Å². The summed E-state index contributed by atoms with van der Waals surface area (Å²) in [6.07, 6.45) is 0.940. The van der Waals surface area contributed by atoms with Crippen LogP contribution in [-0.4, -0.2) is 25.2 Å². The first kappa shape index (κ1) is 12.9.